The Balaban J connectivity index is 2.89. The minimum Gasteiger partial charge on any atom is -0.384 e. The molecule has 4 nitrogen and oxygen atoms in total. The van der Waals surface area contributed by atoms with E-state index in [9.17, 15) is 0 Å². The number of nitrogen functional groups attached to an aromatic ring is 1. The molecule has 4 heteroatoms. The van der Waals surface area contributed by atoms with E-state index in [1.807, 2.05) is 6.07 Å². The summed E-state index contributed by atoms with van der Waals surface area (Å²) in [6, 6.07) is 2.30. The Morgan fingerprint density at radius 2 is 2.14 bits per heavy atom. The Hall–Kier alpha value is -1.32. The Kier molecular flexibility index (Phi) is 3.68. The van der Waals surface area contributed by atoms with Crippen LogP contribution in [-0.4, -0.2) is 22.6 Å². The lowest BCUT2D eigenvalue weighted by molar-refractivity contribution is 0.622. The van der Waals surface area contributed by atoms with Gasteiger partial charge in [0.15, 0.2) is 0 Å². The van der Waals surface area contributed by atoms with Gasteiger partial charge in [0.2, 0.25) is 0 Å². The summed E-state index contributed by atoms with van der Waals surface area (Å²) in [6.45, 7) is 7.40. The maximum Gasteiger partial charge on any atom is 0.134 e. The molecule has 0 fully saturated rings. The van der Waals surface area contributed by atoms with E-state index in [-0.39, 0.29) is 0 Å². The van der Waals surface area contributed by atoms with E-state index in [1.165, 1.54) is 6.33 Å². The first-order valence-electron chi connectivity index (χ1n) is 5.03. The molecule has 1 aromatic rings. The molecule has 0 amide bonds. The van der Waals surface area contributed by atoms with Gasteiger partial charge in [0.05, 0.1) is 0 Å². The molecule has 0 aliphatic heterocycles. The highest BCUT2D eigenvalue weighted by Crippen LogP contribution is 2.16. The smallest absolute Gasteiger partial charge is 0.134 e. The lowest BCUT2D eigenvalue weighted by Crippen LogP contribution is -2.33. The molecule has 14 heavy (non-hydrogen) atoms. The van der Waals surface area contributed by atoms with Gasteiger partial charge in [-0.2, -0.15) is 0 Å². The van der Waals surface area contributed by atoms with Crippen LogP contribution < -0.4 is 10.6 Å². The summed E-state index contributed by atoms with van der Waals surface area (Å²) in [5.74, 6) is 1.44. The van der Waals surface area contributed by atoms with Gasteiger partial charge in [-0.25, -0.2) is 9.97 Å². The van der Waals surface area contributed by atoms with Crippen molar-refractivity contribution in [3.05, 3.63) is 12.4 Å². The predicted octanol–water partition coefficient (Wildman–Crippen LogP) is 1.68. The van der Waals surface area contributed by atoms with Gasteiger partial charge < -0.3 is 10.6 Å². The lowest BCUT2D eigenvalue weighted by Gasteiger charge is -2.28. The monoisotopic (exact) mass is 194 g/mol. The Morgan fingerprint density at radius 3 is 2.64 bits per heavy atom. The summed E-state index contributed by atoms with van der Waals surface area (Å²) < 4.78 is 0. The Labute approximate surface area is 85.2 Å². The van der Waals surface area contributed by atoms with Crippen molar-refractivity contribution in [2.24, 2.45) is 0 Å². The highest BCUT2D eigenvalue weighted by Gasteiger charge is 2.11. The fourth-order valence-corrected chi connectivity index (χ4v) is 1.44. The lowest BCUT2D eigenvalue weighted by atomic mass is 10.2. The van der Waals surface area contributed by atoms with Crippen LogP contribution in [0, 0.1) is 0 Å². The summed E-state index contributed by atoms with van der Waals surface area (Å²) in [7, 11) is 0. The standard InChI is InChI=1S/C10H18N4/c1-4-8(3)14(5-2)10-6-9(11)12-7-13-10/h6-8H,4-5H2,1-3H3,(H2,11,12,13). The first-order chi connectivity index (χ1) is 6.69. The van der Waals surface area contributed by atoms with Crippen molar-refractivity contribution in [2.45, 2.75) is 33.2 Å². The van der Waals surface area contributed by atoms with Crippen LogP contribution in [0.2, 0.25) is 0 Å². The first kappa shape index (κ1) is 10.8. The molecular weight excluding hydrogens is 176 g/mol. The molecular formula is C10H18N4. The minimum atomic E-state index is 0.481. The second-order valence-electron chi connectivity index (χ2n) is 3.34. The van der Waals surface area contributed by atoms with Gasteiger partial charge in [-0.1, -0.05) is 6.92 Å². The quantitative estimate of drug-likeness (QED) is 0.792. The molecule has 78 valence electrons. The number of hydrogen-bond donors (Lipinski definition) is 1. The number of hydrogen-bond acceptors (Lipinski definition) is 4. The summed E-state index contributed by atoms with van der Waals surface area (Å²) in [5.41, 5.74) is 5.61. The van der Waals surface area contributed by atoms with Crippen LogP contribution in [0.25, 0.3) is 0 Å². The van der Waals surface area contributed by atoms with Crippen LogP contribution in [0.15, 0.2) is 12.4 Å². The molecule has 1 aromatic heterocycles. The van der Waals surface area contributed by atoms with Gasteiger partial charge in [-0.05, 0) is 20.3 Å². The van der Waals surface area contributed by atoms with Crippen LogP contribution in [0.3, 0.4) is 0 Å². The maximum atomic E-state index is 5.61. The molecule has 1 heterocycles. The molecule has 0 saturated heterocycles. The minimum absolute atomic E-state index is 0.481. The van der Waals surface area contributed by atoms with E-state index < -0.39 is 0 Å². The maximum absolute atomic E-state index is 5.61. The van der Waals surface area contributed by atoms with Gasteiger partial charge in [-0.15, -0.1) is 0 Å². The number of nitrogens with two attached hydrogens (primary N) is 1. The van der Waals surface area contributed by atoms with Crippen molar-refractivity contribution < 1.29 is 0 Å². The fraction of sp³-hybridized carbons (Fsp3) is 0.600. The number of anilines is 2. The van der Waals surface area contributed by atoms with E-state index >= 15 is 0 Å². The van der Waals surface area contributed by atoms with Gasteiger partial charge >= 0.3 is 0 Å². The zero-order chi connectivity index (χ0) is 10.6. The fourth-order valence-electron chi connectivity index (χ4n) is 1.44. The largest absolute Gasteiger partial charge is 0.384 e. The third kappa shape index (κ3) is 2.34. The van der Waals surface area contributed by atoms with Crippen molar-refractivity contribution >= 4 is 11.6 Å². The van der Waals surface area contributed by atoms with Crippen molar-refractivity contribution in [2.75, 3.05) is 17.2 Å². The van der Waals surface area contributed by atoms with Crippen molar-refractivity contribution in [1.82, 2.24) is 9.97 Å². The normalized spacial score (nSPS) is 12.5. The summed E-state index contributed by atoms with van der Waals surface area (Å²) in [5, 5.41) is 0. The molecule has 1 unspecified atom stereocenters. The van der Waals surface area contributed by atoms with Gasteiger partial charge in [0.1, 0.15) is 18.0 Å². The molecule has 0 spiro atoms. The molecule has 0 bridgehead atoms. The summed E-state index contributed by atoms with van der Waals surface area (Å²) >= 11 is 0. The molecule has 1 atom stereocenters. The number of rotatable bonds is 4. The average molecular weight is 194 g/mol. The van der Waals surface area contributed by atoms with Crippen molar-refractivity contribution in [3.63, 3.8) is 0 Å². The van der Waals surface area contributed by atoms with Crippen LogP contribution >= 0.6 is 0 Å². The van der Waals surface area contributed by atoms with E-state index in [0.717, 1.165) is 18.8 Å². The Morgan fingerprint density at radius 1 is 1.43 bits per heavy atom. The Bertz CT molecular complexity index is 287. The van der Waals surface area contributed by atoms with E-state index in [2.05, 4.69) is 35.6 Å². The third-order valence-corrected chi connectivity index (χ3v) is 2.43. The van der Waals surface area contributed by atoms with Gasteiger partial charge in [0.25, 0.3) is 0 Å². The van der Waals surface area contributed by atoms with Gasteiger partial charge in [-0.3, -0.25) is 0 Å². The molecule has 1 rings (SSSR count). The van der Waals surface area contributed by atoms with E-state index in [0.29, 0.717) is 11.9 Å². The zero-order valence-corrected chi connectivity index (χ0v) is 9.07. The van der Waals surface area contributed by atoms with Crippen molar-refractivity contribution in [3.8, 4) is 0 Å². The second kappa shape index (κ2) is 4.79. The molecule has 0 saturated carbocycles. The highest BCUT2D eigenvalue weighted by molar-refractivity contribution is 5.46. The molecule has 2 N–H and O–H groups in total. The molecule has 0 aliphatic carbocycles. The summed E-state index contributed by atoms with van der Waals surface area (Å²) in [4.78, 5) is 10.3. The SMILES string of the molecule is CCC(C)N(CC)c1cc(N)ncn1. The van der Waals surface area contributed by atoms with Crippen LogP contribution in [0.1, 0.15) is 27.2 Å². The number of nitrogens with zero attached hydrogens (tertiary/aromatic N) is 3. The molecule has 0 aliphatic rings. The summed E-state index contributed by atoms with van der Waals surface area (Å²) in [6.07, 6.45) is 2.60. The second-order valence-corrected chi connectivity index (χ2v) is 3.34. The van der Waals surface area contributed by atoms with E-state index in [4.69, 9.17) is 5.73 Å². The topological polar surface area (TPSA) is 55.0 Å². The van der Waals surface area contributed by atoms with Crippen LogP contribution in [0.5, 0.6) is 0 Å². The average Bonchev–Trinajstić information content (AvgIpc) is 2.19. The third-order valence-electron chi connectivity index (χ3n) is 2.43. The predicted molar refractivity (Wildman–Crippen MR) is 59.2 cm³/mol. The highest BCUT2D eigenvalue weighted by atomic mass is 15.2. The van der Waals surface area contributed by atoms with Crippen LogP contribution in [0.4, 0.5) is 11.6 Å². The van der Waals surface area contributed by atoms with Crippen molar-refractivity contribution in [1.29, 1.82) is 0 Å². The van der Waals surface area contributed by atoms with Gasteiger partial charge in [0, 0.05) is 18.7 Å². The number of aromatic nitrogens is 2. The van der Waals surface area contributed by atoms with Crippen LogP contribution in [-0.2, 0) is 0 Å². The first-order valence-corrected chi connectivity index (χ1v) is 5.03. The van der Waals surface area contributed by atoms with E-state index in [1.54, 1.807) is 0 Å². The zero-order valence-electron chi connectivity index (χ0n) is 9.07. The molecule has 0 aromatic carbocycles. The molecule has 0 radical (unpaired) electrons.